The Morgan fingerprint density at radius 3 is 2.71 bits per heavy atom. The third kappa shape index (κ3) is 2.82. The van der Waals surface area contributed by atoms with Gasteiger partial charge in [-0.1, -0.05) is 0 Å². The number of rotatable bonds is 4. The van der Waals surface area contributed by atoms with Crippen molar-refractivity contribution >= 4 is 41.5 Å². The fourth-order valence-corrected chi connectivity index (χ4v) is 4.34. The molecule has 0 unspecified atom stereocenters. The summed E-state index contributed by atoms with van der Waals surface area (Å²) in [4.78, 5) is 24.1. The first kappa shape index (κ1) is 16.0. The second kappa shape index (κ2) is 6.31. The quantitative estimate of drug-likeness (QED) is 0.689. The first-order chi connectivity index (χ1) is 11.5. The number of hydrogen-bond donors (Lipinski definition) is 1. The van der Waals surface area contributed by atoms with Gasteiger partial charge in [0.25, 0.3) is 0 Å². The molecule has 0 spiro atoms. The van der Waals surface area contributed by atoms with Crippen molar-refractivity contribution in [2.75, 3.05) is 0 Å². The van der Waals surface area contributed by atoms with Crippen LogP contribution in [0.4, 0.5) is 0 Å². The zero-order chi connectivity index (χ0) is 17.3. The summed E-state index contributed by atoms with van der Waals surface area (Å²) in [5.41, 5.74) is 1.46. The van der Waals surface area contributed by atoms with Crippen LogP contribution in [0, 0.1) is 11.3 Å². The Bertz CT molecular complexity index is 1020. The van der Waals surface area contributed by atoms with Crippen molar-refractivity contribution in [3.05, 3.63) is 59.3 Å². The van der Waals surface area contributed by atoms with E-state index in [0.29, 0.717) is 10.0 Å². The van der Waals surface area contributed by atoms with Crippen LogP contribution in [0.1, 0.15) is 26.4 Å². The Hall–Kier alpha value is -2.90. The van der Waals surface area contributed by atoms with Crippen LogP contribution in [0.5, 0.6) is 0 Å². The van der Waals surface area contributed by atoms with Crippen LogP contribution in [0.25, 0.3) is 10.9 Å². The number of para-hydroxylation sites is 1. The molecule has 1 N–H and O–H groups in total. The molecule has 0 atom stereocenters. The maximum atomic E-state index is 12.7. The second-order valence-corrected chi connectivity index (χ2v) is 7.39. The average Bonchev–Trinajstić information content (AvgIpc) is 2.92. The number of aromatic carboxylic acids is 1. The monoisotopic (exact) mass is 380 g/mol. The minimum absolute atomic E-state index is 0.00244. The molecule has 0 saturated heterocycles. The Balaban J connectivity index is 2.01. The van der Waals surface area contributed by atoms with E-state index in [1.54, 1.807) is 17.8 Å². The van der Waals surface area contributed by atoms with Gasteiger partial charge in [0, 0.05) is 0 Å². The molecule has 3 rings (SSSR count). The molecule has 117 valence electrons. The Morgan fingerprint density at radius 2 is 2.00 bits per heavy atom. The summed E-state index contributed by atoms with van der Waals surface area (Å²) in [6.07, 6.45) is 0. The topological polar surface area (TPSA) is 96.0 Å². The van der Waals surface area contributed by atoms with Crippen LogP contribution < -0.4 is 4.35 Å². The number of aromatic nitrogens is 2. The van der Waals surface area contributed by atoms with Gasteiger partial charge in [0.05, 0.1) is 0 Å². The van der Waals surface area contributed by atoms with E-state index in [4.69, 9.17) is 5.26 Å². The van der Waals surface area contributed by atoms with Gasteiger partial charge in [0.15, 0.2) is 0 Å². The molecule has 0 aliphatic carbocycles. The Morgan fingerprint density at radius 1 is 1.25 bits per heavy atom. The first-order valence-corrected chi connectivity index (χ1v) is 8.84. The number of hydrogen-bond acceptors (Lipinski definition) is 4. The van der Waals surface area contributed by atoms with Crippen molar-refractivity contribution in [3.63, 3.8) is 0 Å². The normalized spacial score (nSPS) is 11.0. The van der Waals surface area contributed by atoms with Gasteiger partial charge >= 0.3 is 144 Å². The molecule has 2 aromatic carbocycles. The van der Waals surface area contributed by atoms with E-state index >= 15 is 0 Å². The van der Waals surface area contributed by atoms with Crippen molar-refractivity contribution in [2.24, 2.45) is 7.05 Å². The molecule has 7 heteroatoms. The van der Waals surface area contributed by atoms with E-state index in [2.05, 4.69) is 5.10 Å². The van der Waals surface area contributed by atoms with Crippen molar-refractivity contribution in [1.82, 2.24) is 9.78 Å². The van der Waals surface area contributed by atoms with Crippen molar-refractivity contribution in [3.8, 4) is 6.07 Å². The maximum absolute atomic E-state index is 12.7. The van der Waals surface area contributed by atoms with Gasteiger partial charge in [0.2, 0.25) is 0 Å². The van der Waals surface area contributed by atoms with Gasteiger partial charge in [-0.05, 0) is 0 Å². The average molecular weight is 380 g/mol. The molecular formula is C17H11AsN3O3. The SMILES string of the molecule is Cn1nc(C(=O)[As]c2ccc(C#N)cc2C(=O)O)c2ccccc21. The third-order valence-electron chi connectivity index (χ3n) is 3.54. The molecule has 1 aromatic heterocycles. The molecule has 6 nitrogen and oxygen atoms in total. The van der Waals surface area contributed by atoms with E-state index in [9.17, 15) is 14.7 Å². The van der Waals surface area contributed by atoms with Gasteiger partial charge in [-0.15, -0.1) is 0 Å². The number of carboxylic acid groups (broad SMARTS) is 1. The number of nitriles is 1. The molecular weight excluding hydrogens is 369 g/mol. The van der Waals surface area contributed by atoms with Crippen LogP contribution in [-0.2, 0) is 7.05 Å². The molecule has 0 saturated carbocycles. The van der Waals surface area contributed by atoms with Crippen LogP contribution >= 0.6 is 0 Å². The fraction of sp³-hybridized carbons (Fsp3) is 0.0588. The summed E-state index contributed by atoms with van der Waals surface area (Å²) in [5.74, 6) is -1.14. The molecule has 3 aromatic rings. The molecule has 0 aliphatic heterocycles. The molecule has 0 amide bonds. The van der Waals surface area contributed by atoms with Crippen LogP contribution in [0.15, 0.2) is 42.5 Å². The van der Waals surface area contributed by atoms with Gasteiger partial charge in [-0.2, -0.15) is 0 Å². The zero-order valence-electron chi connectivity index (χ0n) is 12.6. The fourth-order valence-electron chi connectivity index (χ4n) is 2.41. The summed E-state index contributed by atoms with van der Waals surface area (Å²) in [5, 5.41) is 23.3. The summed E-state index contributed by atoms with van der Waals surface area (Å²) >= 11 is -1.08. The summed E-state index contributed by atoms with van der Waals surface area (Å²) in [6, 6.07) is 13.7. The number of carboxylic acids is 1. The molecule has 0 fully saturated rings. The molecule has 0 bridgehead atoms. The standard InChI is InChI=1S/C17H11AsN3O3/c1-21-14-5-3-2-4-11(14)15(20-21)16(22)18-13-7-6-10(9-19)8-12(13)17(23)24/h2-8H,1H3,(H,23,24). The summed E-state index contributed by atoms with van der Waals surface area (Å²) < 4.78 is 1.92. The first-order valence-electron chi connectivity index (χ1n) is 6.96. The number of fused-ring (bicyclic) bond motifs is 1. The summed E-state index contributed by atoms with van der Waals surface area (Å²) in [7, 11) is 1.76. The third-order valence-corrected chi connectivity index (χ3v) is 5.73. The minimum atomic E-state index is -1.14. The number of carbonyl (C=O) groups excluding carboxylic acids is 1. The number of aryl methyl sites for hydroxylation is 1. The second-order valence-electron chi connectivity index (χ2n) is 5.06. The van der Waals surface area contributed by atoms with Gasteiger partial charge in [0.1, 0.15) is 0 Å². The van der Waals surface area contributed by atoms with Gasteiger partial charge in [-0.25, -0.2) is 0 Å². The Labute approximate surface area is 144 Å². The zero-order valence-corrected chi connectivity index (χ0v) is 14.5. The van der Waals surface area contributed by atoms with E-state index in [0.717, 1.165) is 10.9 Å². The number of benzene rings is 2. The van der Waals surface area contributed by atoms with Crippen LogP contribution in [0.2, 0.25) is 0 Å². The molecule has 24 heavy (non-hydrogen) atoms. The van der Waals surface area contributed by atoms with E-state index in [1.807, 2.05) is 30.3 Å². The van der Waals surface area contributed by atoms with Crippen molar-refractivity contribution in [2.45, 2.75) is 0 Å². The van der Waals surface area contributed by atoms with Crippen molar-refractivity contribution < 1.29 is 14.7 Å². The van der Waals surface area contributed by atoms with E-state index in [-0.39, 0.29) is 15.7 Å². The van der Waals surface area contributed by atoms with E-state index in [1.165, 1.54) is 12.1 Å². The van der Waals surface area contributed by atoms with Crippen LogP contribution in [0.3, 0.4) is 0 Å². The Kier molecular flexibility index (Phi) is 4.20. The molecule has 1 radical (unpaired) electrons. The summed E-state index contributed by atoms with van der Waals surface area (Å²) in [6.45, 7) is 0. The predicted octanol–water partition coefficient (Wildman–Crippen LogP) is 1.31. The predicted molar refractivity (Wildman–Crippen MR) is 88.5 cm³/mol. The van der Waals surface area contributed by atoms with Gasteiger partial charge in [-0.3, -0.25) is 0 Å². The molecule has 0 aliphatic rings. The molecule has 1 heterocycles. The van der Waals surface area contributed by atoms with Crippen molar-refractivity contribution in [1.29, 1.82) is 5.26 Å². The van der Waals surface area contributed by atoms with Gasteiger partial charge < -0.3 is 0 Å². The number of carbonyl (C=O) groups is 2. The van der Waals surface area contributed by atoms with E-state index < -0.39 is 21.7 Å². The van der Waals surface area contributed by atoms with Crippen LogP contribution in [-0.4, -0.2) is 41.2 Å². The number of nitrogens with zero attached hydrogens (tertiary/aromatic N) is 3.